The Balaban J connectivity index is 1.84. The molecule has 0 atom stereocenters. The maximum absolute atomic E-state index is 12.4. The summed E-state index contributed by atoms with van der Waals surface area (Å²) in [5.74, 6) is 0.130. The summed E-state index contributed by atoms with van der Waals surface area (Å²) in [5.41, 5.74) is 7.39. The number of carbonyl (C=O) groups excluding carboxylic acids is 1. The standard InChI is InChI=1S/C16H26N4O/c1-18(2)7-8-19-9-11-20(12-10-19)16(21)15-5-3-14(13-17)4-6-15/h3-6H,7-13,17H2,1-2H3. The zero-order valence-electron chi connectivity index (χ0n) is 13.1. The van der Waals surface area contributed by atoms with Gasteiger partial charge in [0.15, 0.2) is 0 Å². The third-order valence-corrected chi connectivity index (χ3v) is 3.96. The van der Waals surface area contributed by atoms with E-state index in [2.05, 4.69) is 23.9 Å². The summed E-state index contributed by atoms with van der Waals surface area (Å²) >= 11 is 0. The van der Waals surface area contributed by atoms with Gasteiger partial charge in [0.1, 0.15) is 0 Å². The van der Waals surface area contributed by atoms with Gasteiger partial charge in [0.25, 0.3) is 5.91 Å². The number of rotatable bonds is 5. The van der Waals surface area contributed by atoms with Crippen LogP contribution in [-0.4, -0.2) is 74.0 Å². The maximum atomic E-state index is 12.4. The van der Waals surface area contributed by atoms with E-state index in [4.69, 9.17) is 5.73 Å². The molecule has 1 heterocycles. The Morgan fingerprint density at radius 2 is 1.76 bits per heavy atom. The molecule has 0 aliphatic carbocycles. The highest BCUT2D eigenvalue weighted by Crippen LogP contribution is 2.10. The summed E-state index contributed by atoms with van der Waals surface area (Å²) in [4.78, 5) is 19.0. The van der Waals surface area contributed by atoms with Crippen molar-refractivity contribution in [3.8, 4) is 0 Å². The molecule has 116 valence electrons. The number of piperazine rings is 1. The van der Waals surface area contributed by atoms with Crippen molar-refractivity contribution in [2.24, 2.45) is 5.73 Å². The number of likely N-dealkylation sites (N-methyl/N-ethyl adjacent to an activating group) is 1. The minimum atomic E-state index is 0.130. The first-order chi connectivity index (χ1) is 10.1. The van der Waals surface area contributed by atoms with Gasteiger partial charge in [0.2, 0.25) is 0 Å². The van der Waals surface area contributed by atoms with Gasteiger partial charge in [0, 0.05) is 51.4 Å². The second-order valence-electron chi connectivity index (χ2n) is 5.84. The molecule has 2 rings (SSSR count). The lowest BCUT2D eigenvalue weighted by Gasteiger charge is -2.35. The van der Waals surface area contributed by atoms with Gasteiger partial charge >= 0.3 is 0 Å². The Labute approximate surface area is 127 Å². The van der Waals surface area contributed by atoms with Crippen LogP contribution < -0.4 is 5.73 Å². The summed E-state index contributed by atoms with van der Waals surface area (Å²) in [6.45, 7) is 6.18. The normalized spacial score (nSPS) is 16.5. The molecule has 0 saturated carbocycles. The van der Waals surface area contributed by atoms with Crippen molar-refractivity contribution in [2.45, 2.75) is 6.54 Å². The molecule has 1 saturated heterocycles. The third-order valence-electron chi connectivity index (χ3n) is 3.96. The molecular formula is C16H26N4O. The summed E-state index contributed by atoms with van der Waals surface area (Å²) in [6.07, 6.45) is 0. The van der Waals surface area contributed by atoms with Crippen molar-refractivity contribution < 1.29 is 4.79 Å². The summed E-state index contributed by atoms with van der Waals surface area (Å²) in [6, 6.07) is 7.62. The van der Waals surface area contributed by atoms with Crippen molar-refractivity contribution in [1.82, 2.24) is 14.7 Å². The van der Waals surface area contributed by atoms with Crippen LogP contribution in [0.25, 0.3) is 0 Å². The van der Waals surface area contributed by atoms with Gasteiger partial charge in [-0.15, -0.1) is 0 Å². The molecule has 2 N–H and O–H groups in total. The van der Waals surface area contributed by atoms with E-state index in [9.17, 15) is 4.79 Å². The zero-order valence-corrected chi connectivity index (χ0v) is 13.1. The van der Waals surface area contributed by atoms with Crippen LogP contribution in [0.1, 0.15) is 15.9 Å². The highest BCUT2D eigenvalue weighted by atomic mass is 16.2. The molecule has 1 fully saturated rings. The van der Waals surface area contributed by atoms with Gasteiger partial charge in [0.05, 0.1) is 0 Å². The fourth-order valence-corrected chi connectivity index (χ4v) is 2.48. The molecule has 0 unspecified atom stereocenters. The molecule has 1 aliphatic heterocycles. The average Bonchev–Trinajstić information content (AvgIpc) is 2.53. The Bertz CT molecular complexity index is 450. The van der Waals surface area contributed by atoms with E-state index in [0.717, 1.165) is 50.4 Å². The minimum absolute atomic E-state index is 0.130. The van der Waals surface area contributed by atoms with Gasteiger partial charge in [-0.25, -0.2) is 0 Å². The zero-order chi connectivity index (χ0) is 15.2. The molecule has 1 amide bonds. The molecule has 21 heavy (non-hydrogen) atoms. The molecule has 1 aromatic carbocycles. The van der Waals surface area contributed by atoms with Crippen LogP contribution >= 0.6 is 0 Å². The van der Waals surface area contributed by atoms with Crippen molar-refractivity contribution in [1.29, 1.82) is 0 Å². The first-order valence-electron chi connectivity index (χ1n) is 7.55. The molecule has 1 aromatic rings. The van der Waals surface area contributed by atoms with E-state index in [0.29, 0.717) is 6.54 Å². The van der Waals surface area contributed by atoms with Crippen LogP contribution in [0.15, 0.2) is 24.3 Å². The van der Waals surface area contributed by atoms with Crippen molar-refractivity contribution in [2.75, 3.05) is 53.4 Å². The van der Waals surface area contributed by atoms with E-state index >= 15 is 0 Å². The number of nitrogens with zero attached hydrogens (tertiary/aromatic N) is 3. The lowest BCUT2D eigenvalue weighted by Crippen LogP contribution is -2.49. The lowest BCUT2D eigenvalue weighted by atomic mass is 10.1. The molecule has 0 spiro atoms. The van der Waals surface area contributed by atoms with E-state index in [1.165, 1.54) is 0 Å². The van der Waals surface area contributed by atoms with Gasteiger partial charge in [-0.1, -0.05) is 12.1 Å². The Kier molecular flexibility index (Phi) is 5.73. The number of amides is 1. The van der Waals surface area contributed by atoms with Gasteiger partial charge in [-0.3, -0.25) is 9.69 Å². The van der Waals surface area contributed by atoms with Crippen LogP contribution in [0.4, 0.5) is 0 Å². The molecule has 1 aliphatic rings. The minimum Gasteiger partial charge on any atom is -0.336 e. The second-order valence-corrected chi connectivity index (χ2v) is 5.84. The Morgan fingerprint density at radius 1 is 1.14 bits per heavy atom. The third kappa shape index (κ3) is 4.52. The van der Waals surface area contributed by atoms with Crippen LogP contribution in [0.3, 0.4) is 0 Å². The van der Waals surface area contributed by atoms with E-state index in [1.54, 1.807) is 0 Å². The number of hydrogen-bond donors (Lipinski definition) is 1. The Morgan fingerprint density at radius 3 is 2.29 bits per heavy atom. The van der Waals surface area contributed by atoms with Gasteiger partial charge in [-0.05, 0) is 31.8 Å². The summed E-state index contributed by atoms with van der Waals surface area (Å²) in [5, 5.41) is 0. The second kappa shape index (κ2) is 7.54. The molecule has 0 radical (unpaired) electrons. The maximum Gasteiger partial charge on any atom is 0.253 e. The Hall–Kier alpha value is -1.43. The average molecular weight is 290 g/mol. The molecule has 0 bridgehead atoms. The predicted molar refractivity (Wildman–Crippen MR) is 85.2 cm³/mol. The van der Waals surface area contributed by atoms with Crippen molar-refractivity contribution >= 4 is 5.91 Å². The topological polar surface area (TPSA) is 52.8 Å². The lowest BCUT2D eigenvalue weighted by molar-refractivity contribution is 0.0629. The number of nitrogens with two attached hydrogens (primary N) is 1. The summed E-state index contributed by atoms with van der Waals surface area (Å²) < 4.78 is 0. The van der Waals surface area contributed by atoms with Crippen LogP contribution in [-0.2, 0) is 6.54 Å². The fourth-order valence-electron chi connectivity index (χ4n) is 2.48. The van der Waals surface area contributed by atoms with E-state index in [-0.39, 0.29) is 5.91 Å². The van der Waals surface area contributed by atoms with Crippen molar-refractivity contribution in [3.63, 3.8) is 0 Å². The molecular weight excluding hydrogens is 264 g/mol. The van der Waals surface area contributed by atoms with Crippen LogP contribution in [0.5, 0.6) is 0 Å². The molecule has 5 heteroatoms. The highest BCUT2D eigenvalue weighted by Gasteiger charge is 2.21. The highest BCUT2D eigenvalue weighted by molar-refractivity contribution is 5.94. The van der Waals surface area contributed by atoms with Gasteiger partial charge < -0.3 is 15.5 Å². The molecule has 0 aromatic heterocycles. The fraction of sp³-hybridized carbons (Fsp3) is 0.562. The molecule has 5 nitrogen and oxygen atoms in total. The smallest absolute Gasteiger partial charge is 0.253 e. The quantitative estimate of drug-likeness (QED) is 0.856. The first-order valence-corrected chi connectivity index (χ1v) is 7.55. The van der Waals surface area contributed by atoms with E-state index in [1.807, 2.05) is 29.2 Å². The first kappa shape index (κ1) is 15.9. The number of carbonyl (C=O) groups is 1. The summed E-state index contributed by atoms with van der Waals surface area (Å²) in [7, 11) is 4.18. The largest absolute Gasteiger partial charge is 0.336 e. The van der Waals surface area contributed by atoms with E-state index < -0.39 is 0 Å². The number of benzene rings is 1. The predicted octanol–water partition coefficient (Wildman–Crippen LogP) is 0.465. The van der Waals surface area contributed by atoms with Crippen molar-refractivity contribution in [3.05, 3.63) is 35.4 Å². The van der Waals surface area contributed by atoms with Crippen LogP contribution in [0, 0.1) is 0 Å². The monoisotopic (exact) mass is 290 g/mol. The number of hydrogen-bond acceptors (Lipinski definition) is 4. The van der Waals surface area contributed by atoms with Gasteiger partial charge in [-0.2, -0.15) is 0 Å². The van der Waals surface area contributed by atoms with Crippen LogP contribution in [0.2, 0.25) is 0 Å². The SMILES string of the molecule is CN(C)CCN1CCN(C(=O)c2ccc(CN)cc2)CC1.